The number of Topliss-reactive ketones (excluding diaryl/α,β-unsaturated/α-hetero) is 1. The number of piperidine rings is 1. The van der Waals surface area contributed by atoms with Crippen molar-refractivity contribution in [2.45, 2.75) is 24.9 Å². The van der Waals surface area contributed by atoms with Crippen molar-refractivity contribution in [3.63, 3.8) is 0 Å². The number of hydrogen-bond acceptors (Lipinski definition) is 5. The minimum absolute atomic E-state index is 0.0401. The molecule has 0 radical (unpaired) electrons. The van der Waals surface area contributed by atoms with E-state index in [1.165, 1.54) is 14.4 Å². The second-order valence-corrected chi connectivity index (χ2v) is 10.3. The molecular formula is C21H20N2O4S2. The van der Waals surface area contributed by atoms with E-state index in [0.29, 0.717) is 24.2 Å². The fourth-order valence-electron chi connectivity index (χ4n) is 4.20. The van der Waals surface area contributed by atoms with Gasteiger partial charge in [0.2, 0.25) is 0 Å². The summed E-state index contributed by atoms with van der Waals surface area (Å²) in [6.45, 7) is 0.530. The highest BCUT2D eigenvalue weighted by molar-refractivity contribution is 7.86. The minimum Gasteiger partial charge on any atom is -0.486 e. The third kappa shape index (κ3) is 3.36. The first-order chi connectivity index (χ1) is 13.8. The highest BCUT2D eigenvalue weighted by atomic mass is 32.2. The maximum Gasteiger partial charge on any atom is 0.276 e. The van der Waals surface area contributed by atoms with Crippen molar-refractivity contribution in [1.29, 1.82) is 0 Å². The molecule has 2 aliphatic rings. The van der Waals surface area contributed by atoms with Crippen LogP contribution in [0.15, 0.2) is 48.5 Å². The van der Waals surface area contributed by atoms with E-state index in [9.17, 15) is 13.2 Å². The molecule has 1 aromatic heterocycles. The molecule has 1 spiro atoms. The number of hydrogen-bond donors (Lipinski definition) is 1. The Balaban J connectivity index is 1.43. The number of fused-ring (bicyclic) bond motifs is 2. The van der Waals surface area contributed by atoms with Gasteiger partial charge in [-0.1, -0.05) is 18.2 Å². The zero-order valence-electron chi connectivity index (χ0n) is 15.6. The molecule has 1 fully saturated rings. The lowest BCUT2D eigenvalue weighted by molar-refractivity contribution is 0.00594. The van der Waals surface area contributed by atoms with Gasteiger partial charge in [0.15, 0.2) is 5.78 Å². The van der Waals surface area contributed by atoms with Crippen LogP contribution in [0.5, 0.6) is 5.75 Å². The number of nitrogens with zero attached hydrogens (tertiary/aromatic N) is 1. The van der Waals surface area contributed by atoms with E-state index in [1.54, 1.807) is 11.3 Å². The van der Waals surface area contributed by atoms with Gasteiger partial charge in [0.25, 0.3) is 10.2 Å². The molecule has 0 bridgehead atoms. The summed E-state index contributed by atoms with van der Waals surface area (Å²) >= 11 is 1.70. The average Bonchev–Trinajstić information content (AvgIpc) is 3.11. The van der Waals surface area contributed by atoms with Crippen molar-refractivity contribution in [1.82, 2.24) is 4.31 Å². The largest absolute Gasteiger partial charge is 0.486 e. The quantitative estimate of drug-likeness (QED) is 0.676. The first-order valence-electron chi connectivity index (χ1n) is 9.46. The molecule has 3 heterocycles. The lowest BCUT2D eigenvalue weighted by Gasteiger charge is -2.43. The highest BCUT2D eigenvalue weighted by Gasteiger charge is 2.44. The van der Waals surface area contributed by atoms with Gasteiger partial charge in [0, 0.05) is 35.5 Å². The Morgan fingerprint density at radius 3 is 2.55 bits per heavy atom. The number of ketones is 1. The van der Waals surface area contributed by atoms with Crippen LogP contribution in [0, 0.1) is 0 Å². The SMILES string of the molecule is NS(=O)(=O)N1CCC2(CC1)CC(=O)c1cc(-c3cc4ccccc4s3)ccc1O2. The second-order valence-electron chi connectivity index (χ2n) is 7.69. The molecule has 0 amide bonds. The molecular weight excluding hydrogens is 408 g/mol. The van der Waals surface area contributed by atoms with Crippen LogP contribution in [0.3, 0.4) is 0 Å². The van der Waals surface area contributed by atoms with E-state index in [0.717, 1.165) is 10.4 Å². The van der Waals surface area contributed by atoms with Gasteiger partial charge >= 0.3 is 0 Å². The number of carbonyl (C=O) groups excluding carboxylic acids is 1. The molecule has 8 heteroatoms. The summed E-state index contributed by atoms with van der Waals surface area (Å²) in [6.07, 6.45) is 1.16. The fraction of sp³-hybridized carbons (Fsp3) is 0.286. The van der Waals surface area contributed by atoms with E-state index >= 15 is 0 Å². The Labute approximate surface area is 173 Å². The van der Waals surface area contributed by atoms with Crippen molar-refractivity contribution in [3.8, 4) is 16.2 Å². The van der Waals surface area contributed by atoms with E-state index in [-0.39, 0.29) is 25.3 Å². The average molecular weight is 429 g/mol. The van der Waals surface area contributed by atoms with E-state index in [2.05, 4.69) is 18.2 Å². The third-order valence-electron chi connectivity index (χ3n) is 5.79. The summed E-state index contributed by atoms with van der Waals surface area (Å²) < 4.78 is 31.8. The lowest BCUT2D eigenvalue weighted by atomic mass is 9.82. The molecule has 5 rings (SSSR count). The summed E-state index contributed by atoms with van der Waals surface area (Å²) in [7, 11) is -3.71. The van der Waals surface area contributed by atoms with Crippen LogP contribution in [0.4, 0.5) is 0 Å². The lowest BCUT2D eigenvalue weighted by Crippen LogP contribution is -2.53. The van der Waals surface area contributed by atoms with Crippen LogP contribution in [-0.4, -0.2) is 37.2 Å². The van der Waals surface area contributed by atoms with Crippen LogP contribution >= 0.6 is 11.3 Å². The van der Waals surface area contributed by atoms with Crippen LogP contribution in [0.2, 0.25) is 0 Å². The summed E-state index contributed by atoms with van der Waals surface area (Å²) in [5, 5.41) is 6.41. The Morgan fingerprint density at radius 1 is 1.07 bits per heavy atom. The van der Waals surface area contributed by atoms with Gasteiger partial charge in [0.05, 0.1) is 12.0 Å². The van der Waals surface area contributed by atoms with Crippen LogP contribution in [0.1, 0.15) is 29.6 Å². The van der Waals surface area contributed by atoms with E-state index in [4.69, 9.17) is 9.88 Å². The van der Waals surface area contributed by atoms with Crippen LogP contribution < -0.4 is 9.88 Å². The topological polar surface area (TPSA) is 89.7 Å². The van der Waals surface area contributed by atoms with Gasteiger partial charge in [-0.25, -0.2) is 5.14 Å². The smallest absolute Gasteiger partial charge is 0.276 e. The number of rotatable bonds is 2. The van der Waals surface area contributed by atoms with E-state index < -0.39 is 15.8 Å². The Morgan fingerprint density at radius 2 is 1.83 bits per heavy atom. The summed E-state index contributed by atoms with van der Waals surface area (Å²) in [6, 6.07) is 16.1. The molecule has 3 aromatic rings. The third-order valence-corrected chi connectivity index (χ3v) is 8.04. The van der Waals surface area contributed by atoms with Gasteiger partial charge in [-0.15, -0.1) is 11.3 Å². The predicted molar refractivity (Wildman–Crippen MR) is 113 cm³/mol. The van der Waals surface area contributed by atoms with Gasteiger partial charge < -0.3 is 4.74 Å². The first-order valence-corrected chi connectivity index (χ1v) is 11.8. The van der Waals surface area contributed by atoms with Crippen LogP contribution in [0.25, 0.3) is 20.5 Å². The molecule has 150 valence electrons. The molecule has 0 saturated carbocycles. The Kier molecular flexibility index (Phi) is 4.29. The molecule has 0 unspecified atom stereocenters. The van der Waals surface area contributed by atoms with Gasteiger partial charge in [-0.05, 0) is 41.3 Å². The van der Waals surface area contributed by atoms with Gasteiger partial charge in [-0.3, -0.25) is 4.79 Å². The molecule has 6 nitrogen and oxygen atoms in total. The molecule has 2 aliphatic heterocycles. The molecule has 0 atom stereocenters. The summed E-state index contributed by atoms with van der Waals surface area (Å²) in [5.74, 6) is 0.619. The zero-order valence-corrected chi connectivity index (χ0v) is 17.3. The van der Waals surface area contributed by atoms with E-state index in [1.807, 2.05) is 30.3 Å². The number of thiophene rings is 1. The zero-order chi connectivity index (χ0) is 20.2. The monoisotopic (exact) mass is 428 g/mol. The maximum atomic E-state index is 13.0. The molecule has 0 aliphatic carbocycles. The predicted octanol–water partition coefficient (Wildman–Crippen LogP) is 3.57. The first kappa shape index (κ1) is 18.7. The maximum absolute atomic E-state index is 13.0. The number of carbonyl (C=O) groups is 1. The normalized spacial score (nSPS) is 19.3. The van der Waals surface area contributed by atoms with Crippen molar-refractivity contribution >= 4 is 37.4 Å². The summed E-state index contributed by atoms with van der Waals surface area (Å²) in [4.78, 5) is 14.1. The Bertz CT molecular complexity index is 1190. The fourth-order valence-corrected chi connectivity index (χ4v) is 5.95. The number of nitrogens with two attached hydrogens (primary N) is 1. The standard InChI is InChI=1S/C21H20N2O4S2/c22-29(25,26)23-9-7-21(8-10-23)13-17(24)16-11-15(5-6-18(16)27-21)20-12-14-3-1-2-4-19(14)28-20/h1-6,11-12H,7-10,13H2,(H2,22,25,26). The van der Waals surface area contributed by atoms with Gasteiger partial charge in [-0.2, -0.15) is 12.7 Å². The molecule has 2 N–H and O–H groups in total. The minimum atomic E-state index is -3.71. The molecule has 1 saturated heterocycles. The van der Waals surface area contributed by atoms with Crippen molar-refractivity contribution in [2.24, 2.45) is 5.14 Å². The Hall–Kier alpha value is -2.26. The number of benzene rings is 2. The van der Waals surface area contributed by atoms with Crippen molar-refractivity contribution in [3.05, 3.63) is 54.1 Å². The molecule has 2 aromatic carbocycles. The summed E-state index contributed by atoms with van der Waals surface area (Å²) in [5.41, 5.74) is 0.950. The molecule has 29 heavy (non-hydrogen) atoms. The van der Waals surface area contributed by atoms with Gasteiger partial charge in [0.1, 0.15) is 11.4 Å². The van der Waals surface area contributed by atoms with Crippen LogP contribution in [-0.2, 0) is 10.2 Å². The van der Waals surface area contributed by atoms with Crippen molar-refractivity contribution in [2.75, 3.05) is 13.1 Å². The van der Waals surface area contributed by atoms with Crippen molar-refractivity contribution < 1.29 is 17.9 Å². The highest BCUT2D eigenvalue weighted by Crippen LogP contribution is 2.42. The second kappa shape index (κ2) is 6.63. The number of ether oxygens (including phenoxy) is 1.